The Kier molecular flexibility index (Phi) is 4.27. The summed E-state index contributed by atoms with van der Waals surface area (Å²) in [6, 6.07) is 17.6. The number of benzene rings is 2. The van der Waals surface area contributed by atoms with Gasteiger partial charge in [-0.2, -0.15) is 0 Å². The van der Waals surface area contributed by atoms with Gasteiger partial charge in [-0.15, -0.1) is 0 Å². The molecule has 1 unspecified atom stereocenters. The Balaban J connectivity index is 2.56. The van der Waals surface area contributed by atoms with Gasteiger partial charge in [0.2, 0.25) is 0 Å². The highest BCUT2D eigenvalue weighted by Gasteiger charge is 2.11. The van der Waals surface area contributed by atoms with Crippen molar-refractivity contribution in [2.24, 2.45) is 0 Å². The molecule has 0 amide bonds. The quantitative estimate of drug-likeness (QED) is 0.770. The van der Waals surface area contributed by atoms with Crippen molar-refractivity contribution in [1.82, 2.24) is 0 Å². The lowest BCUT2D eigenvalue weighted by Crippen LogP contribution is -1.92. The van der Waals surface area contributed by atoms with E-state index in [1.807, 2.05) is 54.6 Å². The highest BCUT2D eigenvalue weighted by Crippen LogP contribution is 2.32. The lowest BCUT2D eigenvalue weighted by molar-refractivity contribution is 0.413. The Morgan fingerprint density at radius 3 is 2.39 bits per heavy atom. The predicted molar refractivity (Wildman–Crippen MR) is 75.5 cm³/mol. The van der Waals surface area contributed by atoms with Gasteiger partial charge >= 0.3 is 8.46 Å². The van der Waals surface area contributed by atoms with Gasteiger partial charge in [0.25, 0.3) is 0 Å². The first-order valence-corrected chi connectivity index (χ1v) is 6.62. The number of hydrogen-bond acceptors (Lipinski definition) is 2. The van der Waals surface area contributed by atoms with E-state index >= 15 is 0 Å². The van der Waals surface area contributed by atoms with E-state index in [-0.39, 0.29) is 0 Å². The molecule has 0 aliphatic heterocycles. The Morgan fingerprint density at radius 1 is 1.06 bits per heavy atom. The third kappa shape index (κ3) is 2.66. The first kappa shape index (κ1) is 12.5. The van der Waals surface area contributed by atoms with Crippen LogP contribution in [0.1, 0.15) is 11.1 Å². The van der Waals surface area contributed by atoms with Gasteiger partial charge in [-0.05, 0) is 11.6 Å². The molecule has 0 bridgehead atoms. The molecule has 1 atom stereocenters. The molecule has 90 valence electrons. The lowest BCUT2D eigenvalue weighted by Gasteiger charge is -2.10. The Morgan fingerprint density at radius 2 is 1.72 bits per heavy atom. The zero-order chi connectivity index (χ0) is 12.8. The third-order valence-corrected chi connectivity index (χ3v) is 3.09. The van der Waals surface area contributed by atoms with Gasteiger partial charge in [0, 0.05) is 11.1 Å². The molecule has 0 N–H and O–H groups in total. The van der Waals surface area contributed by atoms with Crippen molar-refractivity contribution in [3.63, 3.8) is 0 Å². The van der Waals surface area contributed by atoms with Crippen LogP contribution in [0.25, 0.3) is 5.57 Å². The van der Waals surface area contributed by atoms with Crippen molar-refractivity contribution >= 4 is 14.0 Å². The molecule has 2 rings (SSSR count). The minimum atomic E-state index is -0.481. The van der Waals surface area contributed by atoms with Crippen molar-refractivity contribution in [2.75, 3.05) is 7.11 Å². The van der Waals surface area contributed by atoms with Crippen molar-refractivity contribution < 1.29 is 9.30 Å². The smallest absolute Gasteiger partial charge is 0.356 e. The largest absolute Gasteiger partial charge is 0.496 e. The average molecular weight is 257 g/mol. The van der Waals surface area contributed by atoms with E-state index in [2.05, 4.69) is 0 Å². The molecule has 2 nitrogen and oxygen atoms in total. The topological polar surface area (TPSA) is 26.3 Å². The summed E-state index contributed by atoms with van der Waals surface area (Å²) in [7, 11) is 1.16. The molecule has 0 saturated heterocycles. The molecule has 2 aromatic rings. The maximum absolute atomic E-state index is 11.0. The molecule has 0 spiro atoms. The lowest BCUT2D eigenvalue weighted by atomic mass is 9.99. The standard InChI is InChI=1S/C15H13O2P/c1-17-15-10-6-5-9-13(15)14(11-18-16)12-7-3-2-4-8-12/h2-11H,1H3/p+1. The number of ether oxygens (including phenoxy) is 1. The molecule has 0 radical (unpaired) electrons. The van der Waals surface area contributed by atoms with E-state index in [1.165, 1.54) is 0 Å². The average Bonchev–Trinajstić information content (AvgIpc) is 2.46. The fraction of sp³-hybridized carbons (Fsp3) is 0.0667. The molecular formula is C15H14O2P+. The number of methoxy groups -OCH3 is 1. The summed E-state index contributed by atoms with van der Waals surface area (Å²) in [4.78, 5) is 0. The van der Waals surface area contributed by atoms with E-state index in [0.29, 0.717) is 0 Å². The predicted octanol–water partition coefficient (Wildman–Crippen LogP) is 4.11. The normalized spacial score (nSPS) is 11.5. The van der Waals surface area contributed by atoms with Crippen molar-refractivity contribution in [1.29, 1.82) is 0 Å². The van der Waals surface area contributed by atoms with E-state index in [9.17, 15) is 4.57 Å². The third-order valence-electron chi connectivity index (χ3n) is 2.69. The number of hydrogen-bond donors (Lipinski definition) is 0. The van der Waals surface area contributed by atoms with Crippen LogP contribution in [0.2, 0.25) is 0 Å². The van der Waals surface area contributed by atoms with Crippen LogP contribution in [-0.4, -0.2) is 7.11 Å². The van der Waals surface area contributed by atoms with Crippen LogP contribution in [0.5, 0.6) is 5.75 Å². The highest BCUT2D eigenvalue weighted by atomic mass is 31.1. The van der Waals surface area contributed by atoms with Crippen molar-refractivity contribution in [3.05, 3.63) is 71.5 Å². The molecule has 0 aliphatic rings. The molecule has 0 saturated carbocycles. The van der Waals surface area contributed by atoms with Gasteiger partial charge in [-0.1, -0.05) is 53.1 Å². The fourth-order valence-electron chi connectivity index (χ4n) is 1.86. The summed E-state index contributed by atoms with van der Waals surface area (Å²) < 4.78 is 16.4. The second-order valence-electron chi connectivity index (χ2n) is 3.74. The SMILES string of the molecule is COc1ccccc1C(=C[PH+]=O)c1ccccc1. The van der Waals surface area contributed by atoms with Crippen LogP contribution in [0.3, 0.4) is 0 Å². The monoisotopic (exact) mass is 257 g/mol. The summed E-state index contributed by atoms with van der Waals surface area (Å²) >= 11 is 0. The zero-order valence-electron chi connectivity index (χ0n) is 10.1. The maximum atomic E-state index is 11.0. The van der Waals surface area contributed by atoms with E-state index in [0.717, 1.165) is 22.4 Å². The van der Waals surface area contributed by atoms with Gasteiger partial charge in [-0.25, -0.2) is 0 Å². The minimum Gasteiger partial charge on any atom is -0.496 e. The Labute approximate surface area is 108 Å². The molecule has 0 heterocycles. The number of para-hydroxylation sites is 1. The Hall–Kier alpha value is -1.92. The molecule has 2 aromatic carbocycles. The van der Waals surface area contributed by atoms with E-state index in [1.54, 1.807) is 12.9 Å². The van der Waals surface area contributed by atoms with Gasteiger partial charge in [0.15, 0.2) is 5.82 Å². The molecular weight excluding hydrogens is 243 g/mol. The van der Waals surface area contributed by atoms with Gasteiger partial charge in [0.1, 0.15) is 5.75 Å². The summed E-state index contributed by atoms with van der Waals surface area (Å²) in [5.74, 6) is 2.50. The molecule has 0 fully saturated rings. The Bertz CT molecular complexity index is 562. The van der Waals surface area contributed by atoms with Crippen molar-refractivity contribution in [3.8, 4) is 5.75 Å². The second-order valence-corrected chi connectivity index (χ2v) is 4.27. The minimum absolute atomic E-state index is 0.481. The fourth-order valence-corrected chi connectivity index (χ4v) is 2.30. The maximum Gasteiger partial charge on any atom is 0.356 e. The molecule has 3 heteroatoms. The van der Waals surface area contributed by atoms with Crippen LogP contribution >= 0.6 is 8.46 Å². The summed E-state index contributed by atoms with van der Waals surface area (Å²) in [5.41, 5.74) is 2.92. The van der Waals surface area contributed by atoms with Crippen LogP contribution < -0.4 is 4.74 Å². The first-order valence-electron chi connectivity index (χ1n) is 5.63. The molecule has 18 heavy (non-hydrogen) atoms. The van der Waals surface area contributed by atoms with Gasteiger partial charge < -0.3 is 4.74 Å². The summed E-state index contributed by atoms with van der Waals surface area (Å²) in [6.45, 7) is 0. The van der Waals surface area contributed by atoms with E-state index < -0.39 is 8.46 Å². The van der Waals surface area contributed by atoms with Gasteiger partial charge in [-0.3, -0.25) is 0 Å². The zero-order valence-corrected chi connectivity index (χ0v) is 11.1. The highest BCUT2D eigenvalue weighted by molar-refractivity contribution is 7.28. The number of rotatable bonds is 4. The molecule has 0 aliphatic carbocycles. The van der Waals surface area contributed by atoms with E-state index in [4.69, 9.17) is 4.74 Å². The van der Waals surface area contributed by atoms with Crippen LogP contribution in [0.4, 0.5) is 0 Å². The molecule has 0 aromatic heterocycles. The second kappa shape index (κ2) is 6.13. The van der Waals surface area contributed by atoms with Crippen molar-refractivity contribution in [2.45, 2.75) is 0 Å². The van der Waals surface area contributed by atoms with Crippen LogP contribution in [0, 0.1) is 0 Å². The summed E-state index contributed by atoms with van der Waals surface area (Å²) in [5, 5.41) is 0. The van der Waals surface area contributed by atoms with Crippen LogP contribution in [-0.2, 0) is 4.57 Å². The van der Waals surface area contributed by atoms with Gasteiger partial charge in [0.05, 0.1) is 7.11 Å². The first-order chi connectivity index (χ1) is 8.86. The van der Waals surface area contributed by atoms with Crippen LogP contribution in [0.15, 0.2) is 60.4 Å². The summed E-state index contributed by atoms with van der Waals surface area (Å²) in [6.07, 6.45) is 0.